The maximum atomic E-state index is 13.1. The van der Waals surface area contributed by atoms with E-state index in [1.165, 1.54) is 23.1 Å². The lowest BCUT2D eigenvalue weighted by atomic mass is 9.76. The number of nitrogens with zero attached hydrogens (tertiary/aromatic N) is 2. The summed E-state index contributed by atoms with van der Waals surface area (Å²) in [5, 5.41) is 3.47. The Balaban J connectivity index is 1.81. The van der Waals surface area contributed by atoms with Crippen LogP contribution in [-0.4, -0.2) is 42.0 Å². The highest BCUT2D eigenvalue weighted by Crippen LogP contribution is 2.40. The van der Waals surface area contributed by atoms with Gasteiger partial charge in [0.1, 0.15) is 0 Å². The number of likely N-dealkylation sites (N-methyl/N-ethyl adjacent to an activating group) is 1. The topological polar surface area (TPSA) is 63.4 Å². The molecule has 1 aliphatic carbocycles. The molecule has 0 saturated heterocycles. The Kier molecular flexibility index (Phi) is 8.52. The Bertz CT molecular complexity index is 985. The maximum Gasteiger partial charge on any atom is 0.278 e. The fourth-order valence-corrected chi connectivity index (χ4v) is 4.46. The molecule has 2 unspecified atom stereocenters. The molecule has 1 saturated carbocycles. The Morgan fingerprint density at radius 3 is 2.68 bits per heavy atom. The van der Waals surface area contributed by atoms with Crippen molar-refractivity contribution >= 4 is 0 Å². The van der Waals surface area contributed by atoms with E-state index in [9.17, 15) is 8.78 Å². The number of hydrogen-bond donors (Lipinski definition) is 2. The lowest BCUT2D eigenvalue weighted by Crippen LogP contribution is -2.39. The van der Waals surface area contributed by atoms with E-state index >= 15 is 0 Å². The van der Waals surface area contributed by atoms with Crippen molar-refractivity contribution in [2.45, 2.75) is 65.5 Å². The molecule has 1 fully saturated rings. The summed E-state index contributed by atoms with van der Waals surface area (Å²) < 4.78 is 31.3. The molecular formula is C27H38F2N4O. The summed E-state index contributed by atoms with van der Waals surface area (Å²) in [7, 11) is 2.12. The predicted molar refractivity (Wildman–Crippen MR) is 134 cm³/mol. The summed E-state index contributed by atoms with van der Waals surface area (Å²) in [6.45, 7) is 7.49. The van der Waals surface area contributed by atoms with Crippen molar-refractivity contribution in [1.82, 2.24) is 15.2 Å². The van der Waals surface area contributed by atoms with Crippen LogP contribution in [0.2, 0.25) is 0 Å². The monoisotopic (exact) mass is 472 g/mol. The first-order chi connectivity index (χ1) is 16.1. The number of allylic oxidation sites excluding steroid dienone is 3. The van der Waals surface area contributed by atoms with Crippen LogP contribution < -0.4 is 15.8 Å². The standard InChI is InChI=1S/C27H38F2N4O/c1-6-20-12-13-33(5)26(25(18(2)14-30)21-8-7-9-21)23(20)16-31-15-22-10-11-24(32-19(22)3)34-17-27(4,28)29/h6,10-13,16,18,26,31H,7-9,14-15,17,30H2,1-5H3/b20-6+,23-16+. The molecule has 1 aromatic rings. The first kappa shape index (κ1) is 25.9. The summed E-state index contributed by atoms with van der Waals surface area (Å²) in [6.07, 6.45) is 12.1. The minimum atomic E-state index is -2.89. The van der Waals surface area contributed by atoms with E-state index in [4.69, 9.17) is 10.5 Å². The molecule has 0 radical (unpaired) electrons. The van der Waals surface area contributed by atoms with E-state index in [2.05, 4.69) is 60.6 Å². The Morgan fingerprint density at radius 1 is 1.38 bits per heavy atom. The summed E-state index contributed by atoms with van der Waals surface area (Å²) in [4.78, 5) is 6.61. The predicted octanol–water partition coefficient (Wildman–Crippen LogP) is 5.25. The molecule has 0 bridgehead atoms. The van der Waals surface area contributed by atoms with E-state index in [1.807, 2.05) is 13.0 Å². The summed E-state index contributed by atoms with van der Waals surface area (Å²) >= 11 is 0. The van der Waals surface area contributed by atoms with Crippen molar-refractivity contribution in [2.24, 2.45) is 11.7 Å². The molecule has 3 rings (SSSR count). The van der Waals surface area contributed by atoms with Crippen LogP contribution in [0.1, 0.15) is 51.3 Å². The van der Waals surface area contributed by atoms with Crippen LogP contribution in [0.4, 0.5) is 8.78 Å². The van der Waals surface area contributed by atoms with E-state index in [0.29, 0.717) is 19.0 Å². The van der Waals surface area contributed by atoms with Crippen molar-refractivity contribution in [3.63, 3.8) is 0 Å². The highest BCUT2D eigenvalue weighted by atomic mass is 19.3. The second-order valence-electron chi connectivity index (χ2n) is 9.41. The van der Waals surface area contributed by atoms with Crippen molar-refractivity contribution in [2.75, 3.05) is 20.2 Å². The lowest BCUT2D eigenvalue weighted by molar-refractivity contribution is -0.0242. The van der Waals surface area contributed by atoms with Gasteiger partial charge in [-0.25, -0.2) is 13.8 Å². The van der Waals surface area contributed by atoms with Gasteiger partial charge in [0.2, 0.25) is 5.88 Å². The van der Waals surface area contributed by atoms with Crippen LogP contribution in [0.3, 0.4) is 0 Å². The molecule has 7 heteroatoms. The molecule has 186 valence electrons. The molecule has 2 aliphatic rings. The third-order valence-electron chi connectivity index (χ3n) is 6.57. The molecule has 3 N–H and O–H groups in total. The molecule has 0 aromatic carbocycles. The van der Waals surface area contributed by atoms with Crippen molar-refractivity contribution in [3.05, 3.63) is 70.2 Å². The van der Waals surface area contributed by atoms with E-state index in [1.54, 1.807) is 11.6 Å². The lowest BCUT2D eigenvalue weighted by Gasteiger charge is -2.40. The number of alkyl halides is 2. The quantitative estimate of drug-likeness (QED) is 0.481. The molecule has 2 heterocycles. The van der Waals surface area contributed by atoms with E-state index < -0.39 is 12.5 Å². The number of pyridine rings is 1. The van der Waals surface area contributed by atoms with Crippen molar-refractivity contribution < 1.29 is 13.5 Å². The minimum absolute atomic E-state index is 0.142. The van der Waals surface area contributed by atoms with E-state index in [0.717, 1.165) is 31.0 Å². The zero-order valence-electron chi connectivity index (χ0n) is 21.0. The van der Waals surface area contributed by atoms with Crippen molar-refractivity contribution in [1.29, 1.82) is 0 Å². The van der Waals surface area contributed by atoms with Gasteiger partial charge in [0.05, 0.1) is 6.04 Å². The molecule has 0 amide bonds. The number of rotatable bonds is 9. The number of nitrogens with two attached hydrogens (primary N) is 1. The number of aryl methyl sites for hydroxylation is 1. The zero-order valence-corrected chi connectivity index (χ0v) is 21.0. The van der Waals surface area contributed by atoms with E-state index in [-0.39, 0.29) is 11.9 Å². The van der Waals surface area contributed by atoms with Gasteiger partial charge in [-0.15, -0.1) is 0 Å². The molecule has 1 aromatic heterocycles. The van der Waals surface area contributed by atoms with Gasteiger partial charge in [-0.05, 0) is 68.4 Å². The second-order valence-corrected chi connectivity index (χ2v) is 9.41. The molecule has 1 aliphatic heterocycles. The molecular weight excluding hydrogens is 434 g/mol. The Labute approximate surface area is 202 Å². The van der Waals surface area contributed by atoms with Crippen LogP contribution in [-0.2, 0) is 6.54 Å². The third-order valence-corrected chi connectivity index (χ3v) is 6.57. The molecule has 2 atom stereocenters. The first-order valence-corrected chi connectivity index (χ1v) is 12.0. The molecule has 34 heavy (non-hydrogen) atoms. The van der Waals surface area contributed by atoms with Gasteiger partial charge < -0.3 is 20.7 Å². The van der Waals surface area contributed by atoms with Gasteiger partial charge in [-0.3, -0.25) is 0 Å². The second kappa shape index (κ2) is 11.2. The average Bonchev–Trinajstić information content (AvgIpc) is 2.75. The summed E-state index contributed by atoms with van der Waals surface area (Å²) in [6, 6.07) is 3.65. The van der Waals surface area contributed by atoms with Crippen molar-refractivity contribution in [3.8, 4) is 5.88 Å². The van der Waals surface area contributed by atoms with Gasteiger partial charge >= 0.3 is 0 Å². The number of hydrogen-bond acceptors (Lipinski definition) is 5. The fraction of sp³-hybridized carbons (Fsp3) is 0.519. The van der Waals surface area contributed by atoms with Crippen LogP contribution in [0, 0.1) is 12.8 Å². The minimum Gasteiger partial charge on any atom is -0.471 e. The summed E-state index contributed by atoms with van der Waals surface area (Å²) in [5.74, 6) is -2.37. The Hall–Kier alpha value is -2.67. The highest BCUT2D eigenvalue weighted by Gasteiger charge is 2.32. The number of nitrogens with one attached hydrogen (secondary N) is 1. The van der Waals surface area contributed by atoms with Gasteiger partial charge in [0.25, 0.3) is 5.92 Å². The molecule has 5 nitrogen and oxygen atoms in total. The van der Waals surface area contributed by atoms with Crippen LogP contribution in [0.15, 0.2) is 59.0 Å². The van der Waals surface area contributed by atoms with Crippen LogP contribution in [0.5, 0.6) is 5.88 Å². The summed E-state index contributed by atoms with van der Waals surface area (Å²) in [5.41, 5.74) is 13.3. The normalized spacial score (nSPS) is 21.6. The first-order valence-electron chi connectivity index (χ1n) is 12.0. The van der Waals surface area contributed by atoms with Crippen LogP contribution >= 0.6 is 0 Å². The smallest absolute Gasteiger partial charge is 0.278 e. The highest BCUT2D eigenvalue weighted by molar-refractivity contribution is 5.51. The van der Waals surface area contributed by atoms with Crippen LogP contribution in [0.25, 0.3) is 0 Å². The van der Waals surface area contributed by atoms with Gasteiger partial charge in [0, 0.05) is 50.2 Å². The maximum absolute atomic E-state index is 13.1. The average molecular weight is 473 g/mol. The van der Waals surface area contributed by atoms with Gasteiger partial charge in [-0.1, -0.05) is 24.6 Å². The van der Waals surface area contributed by atoms with Gasteiger partial charge in [0.15, 0.2) is 6.61 Å². The number of halogens is 2. The molecule has 0 spiro atoms. The largest absolute Gasteiger partial charge is 0.471 e. The third kappa shape index (κ3) is 6.26. The number of ether oxygens (including phenoxy) is 1. The zero-order chi connectivity index (χ0) is 24.9. The van der Waals surface area contributed by atoms with Gasteiger partial charge in [-0.2, -0.15) is 0 Å². The fourth-order valence-electron chi connectivity index (χ4n) is 4.46. The number of aromatic nitrogens is 1. The SMILES string of the molecule is C/C=C1\C=CN(C)C(C(=C2CCC2)C(C)CN)\C1=C\NCc1ccc(OCC(C)(F)F)nc1C. The Morgan fingerprint density at radius 2 is 2.12 bits per heavy atom.